The lowest BCUT2D eigenvalue weighted by molar-refractivity contribution is -0.150. The van der Waals surface area contributed by atoms with E-state index in [1.54, 1.807) is 26.0 Å². The maximum absolute atomic E-state index is 11.7. The number of fused-ring (bicyclic) bond motifs is 1. The number of aromatic hydroxyl groups is 1. The number of carbonyl (C=O) groups is 1. The predicted octanol–water partition coefficient (Wildman–Crippen LogP) is 4.04. The Morgan fingerprint density at radius 3 is 2.59 bits per heavy atom. The predicted molar refractivity (Wildman–Crippen MR) is 105 cm³/mol. The molecule has 0 aliphatic carbocycles. The molecule has 0 saturated heterocycles. The summed E-state index contributed by atoms with van der Waals surface area (Å²) >= 11 is 0. The summed E-state index contributed by atoms with van der Waals surface area (Å²) in [7, 11) is 1.87. The van der Waals surface area contributed by atoms with Gasteiger partial charge >= 0.3 is 5.97 Å². The van der Waals surface area contributed by atoms with Crippen molar-refractivity contribution in [1.29, 1.82) is 0 Å². The van der Waals surface area contributed by atoms with E-state index in [1.165, 1.54) is 0 Å². The molecular weight excluding hydrogens is 344 g/mol. The SMILES string of the molecule is CCOC(=O)C(C)Oc1ccc(N(C)c2cc3ccccc3c(O)n2)cc1. The van der Waals surface area contributed by atoms with E-state index < -0.39 is 12.1 Å². The lowest BCUT2D eigenvalue weighted by Crippen LogP contribution is -2.26. The van der Waals surface area contributed by atoms with E-state index in [1.807, 2.05) is 54.4 Å². The Morgan fingerprint density at radius 1 is 1.19 bits per heavy atom. The van der Waals surface area contributed by atoms with Crippen molar-refractivity contribution in [3.8, 4) is 11.6 Å². The van der Waals surface area contributed by atoms with E-state index in [9.17, 15) is 9.90 Å². The molecule has 1 atom stereocenters. The number of nitrogens with zero attached hydrogens (tertiary/aromatic N) is 2. The number of pyridine rings is 1. The van der Waals surface area contributed by atoms with Gasteiger partial charge in [0, 0.05) is 18.1 Å². The Kier molecular flexibility index (Phi) is 5.45. The molecule has 0 fully saturated rings. The van der Waals surface area contributed by atoms with Crippen molar-refractivity contribution >= 4 is 28.2 Å². The smallest absolute Gasteiger partial charge is 0.347 e. The normalized spacial score (nSPS) is 11.8. The third-order valence-electron chi connectivity index (χ3n) is 4.21. The van der Waals surface area contributed by atoms with Crippen molar-refractivity contribution in [2.24, 2.45) is 0 Å². The molecule has 1 heterocycles. The van der Waals surface area contributed by atoms with Crippen LogP contribution in [-0.4, -0.2) is 35.8 Å². The average Bonchev–Trinajstić information content (AvgIpc) is 2.68. The molecule has 6 heteroatoms. The number of ether oxygens (including phenoxy) is 2. The van der Waals surface area contributed by atoms with Gasteiger partial charge in [-0.3, -0.25) is 0 Å². The van der Waals surface area contributed by atoms with Gasteiger partial charge in [-0.05, 0) is 55.6 Å². The number of hydrogen-bond donors (Lipinski definition) is 1. The van der Waals surface area contributed by atoms with E-state index in [0.29, 0.717) is 23.6 Å². The van der Waals surface area contributed by atoms with Gasteiger partial charge in [0.1, 0.15) is 11.6 Å². The highest BCUT2D eigenvalue weighted by molar-refractivity contribution is 5.89. The lowest BCUT2D eigenvalue weighted by atomic mass is 10.1. The van der Waals surface area contributed by atoms with Crippen LogP contribution in [0.15, 0.2) is 54.6 Å². The molecule has 2 aromatic carbocycles. The molecule has 3 aromatic rings. The van der Waals surface area contributed by atoms with Crippen molar-refractivity contribution in [1.82, 2.24) is 4.98 Å². The number of esters is 1. The van der Waals surface area contributed by atoms with E-state index in [4.69, 9.17) is 9.47 Å². The van der Waals surface area contributed by atoms with Gasteiger partial charge in [-0.15, -0.1) is 0 Å². The highest BCUT2D eigenvalue weighted by Gasteiger charge is 2.16. The summed E-state index contributed by atoms with van der Waals surface area (Å²) in [4.78, 5) is 17.8. The minimum absolute atomic E-state index is 0.00170. The second kappa shape index (κ2) is 7.95. The monoisotopic (exact) mass is 366 g/mol. The van der Waals surface area contributed by atoms with Gasteiger partial charge in [-0.1, -0.05) is 18.2 Å². The van der Waals surface area contributed by atoms with Crippen LogP contribution in [0.3, 0.4) is 0 Å². The van der Waals surface area contributed by atoms with Gasteiger partial charge in [0.2, 0.25) is 5.88 Å². The summed E-state index contributed by atoms with van der Waals surface area (Å²) in [6, 6.07) is 16.8. The molecule has 0 spiro atoms. The summed E-state index contributed by atoms with van der Waals surface area (Å²) in [6.45, 7) is 3.73. The fraction of sp³-hybridized carbons (Fsp3) is 0.238. The number of rotatable bonds is 6. The first-order valence-corrected chi connectivity index (χ1v) is 8.75. The fourth-order valence-corrected chi connectivity index (χ4v) is 2.73. The largest absolute Gasteiger partial charge is 0.493 e. The Morgan fingerprint density at radius 2 is 1.89 bits per heavy atom. The zero-order chi connectivity index (χ0) is 19.4. The van der Waals surface area contributed by atoms with Crippen molar-refractivity contribution in [3.63, 3.8) is 0 Å². The first-order chi connectivity index (χ1) is 13.0. The molecule has 27 heavy (non-hydrogen) atoms. The third kappa shape index (κ3) is 4.11. The minimum atomic E-state index is -0.673. The van der Waals surface area contributed by atoms with Gasteiger partial charge in [0.15, 0.2) is 6.10 Å². The van der Waals surface area contributed by atoms with Crippen LogP contribution < -0.4 is 9.64 Å². The molecule has 1 unspecified atom stereocenters. The summed E-state index contributed by atoms with van der Waals surface area (Å²) < 4.78 is 10.5. The van der Waals surface area contributed by atoms with E-state index >= 15 is 0 Å². The van der Waals surface area contributed by atoms with Crippen LogP contribution in [-0.2, 0) is 9.53 Å². The van der Waals surface area contributed by atoms with Gasteiger partial charge in [-0.25, -0.2) is 4.79 Å². The standard InChI is InChI=1S/C21H22N2O4/c1-4-26-21(25)14(2)27-17-11-9-16(10-12-17)23(3)19-13-15-7-5-6-8-18(15)20(24)22-19/h5-14H,4H2,1-3H3,(H,22,24). The number of carbonyl (C=O) groups excluding carboxylic acids is 1. The fourth-order valence-electron chi connectivity index (χ4n) is 2.73. The van der Waals surface area contributed by atoms with Crippen LogP contribution in [0, 0.1) is 0 Å². The van der Waals surface area contributed by atoms with Crippen molar-refractivity contribution in [2.45, 2.75) is 20.0 Å². The Hall–Kier alpha value is -3.28. The van der Waals surface area contributed by atoms with Crippen LogP contribution in [0.25, 0.3) is 10.8 Å². The zero-order valence-electron chi connectivity index (χ0n) is 15.5. The topological polar surface area (TPSA) is 71.9 Å². The first-order valence-electron chi connectivity index (χ1n) is 8.75. The molecule has 0 aliphatic heterocycles. The molecule has 0 amide bonds. The molecule has 1 aromatic heterocycles. The Balaban J connectivity index is 1.78. The van der Waals surface area contributed by atoms with Crippen LogP contribution in [0.5, 0.6) is 11.6 Å². The summed E-state index contributed by atoms with van der Waals surface area (Å²) in [5, 5.41) is 11.8. The highest BCUT2D eigenvalue weighted by Crippen LogP contribution is 2.30. The lowest BCUT2D eigenvalue weighted by Gasteiger charge is -2.20. The van der Waals surface area contributed by atoms with Crippen molar-refractivity contribution in [3.05, 3.63) is 54.6 Å². The first kappa shape index (κ1) is 18.5. The molecule has 140 valence electrons. The minimum Gasteiger partial charge on any atom is -0.493 e. The summed E-state index contributed by atoms with van der Waals surface area (Å²) in [5.41, 5.74) is 0.869. The molecule has 1 N–H and O–H groups in total. The summed E-state index contributed by atoms with van der Waals surface area (Å²) in [6.07, 6.45) is -0.673. The van der Waals surface area contributed by atoms with Crippen LogP contribution in [0.2, 0.25) is 0 Å². The highest BCUT2D eigenvalue weighted by atomic mass is 16.6. The second-order valence-corrected chi connectivity index (χ2v) is 6.09. The van der Waals surface area contributed by atoms with Crippen molar-refractivity contribution < 1.29 is 19.4 Å². The van der Waals surface area contributed by atoms with Crippen molar-refractivity contribution in [2.75, 3.05) is 18.6 Å². The van der Waals surface area contributed by atoms with Gasteiger partial charge in [0.05, 0.1) is 6.61 Å². The molecule has 0 aliphatic rings. The molecule has 6 nitrogen and oxygen atoms in total. The third-order valence-corrected chi connectivity index (χ3v) is 4.21. The molecule has 0 bridgehead atoms. The maximum atomic E-state index is 11.7. The van der Waals surface area contributed by atoms with Crippen LogP contribution >= 0.6 is 0 Å². The van der Waals surface area contributed by atoms with Gasteiger partial charge in [0.25, 0.3) is 0 Å². The van der Waals surface area contributed by atoms with Gasteiger partial charge < -0.3 is 19.5 Å². The molecule has 3 rings (SSSR count). The quantitative estimate of drug-likeness (QED) is 0.664. The second-order valence-electron chi connectivity index (χ2n) is 6.09. The number of anilines is 2. The van der Waals surface area contributed by atoms with Gasteiger partial charge in [-0.2, -0.15) is 4.98 Å². The maximum Gasteiger partial charge on any atom is 0.347 e. The number of aromatic nitrogens is 1. The van der Waals surface area contributed by atoms with E-state index in [-0.39, 0.29) is 5.88 Å². The van der Waals surface area contributed by atoms with Crippen LogP contribution in [0.4, 0.5) is 11.5 Å². The molecule has 0 saturated carbocycles. The molecule has 0 radical (unpaired) electrons. The molecular formula is C21H22N2O4. The van der Waals surface area contributed by atoms with E-state index in [0.717, 1.165) is 11.1 Å². The van der Waals surface area contributed by atoms with Crippen LogP contribution in [0.1, 0.15) is 13.8 Å². The Bertz CT molecular complexity index is 941. The Labute approximate surface area is 158 Å². The number of hydrogen-bond acceptors (Lipinski definition) is 6. The summed E-state index contributed by atoms with van der Waals surface area (Å²) in [5.74, 6) is 0.800. The number of benzene rings is 2. The zero-order valence-corrected chi connectivity index (χ0v) is 15.5. The van der Waals surface area contributed by atoms with E-state index in [2.05, 4.69) is 4.98 Å². The average molecular weight is 366 g/mol.